The molecule has 0 saturated carbocycles. The number of hydrogen-bond donors (Lipinski definition) is 1. The first-order valence-corrected chi connectivity index (χ1v) is 6.76. The normalized spacial score (nSPS) is 20.8. The van der Waals surface area contributed by atoms with Crippen molar-refractivity contribution in [3.63, 3.8) is 0 Å². The second-order valence-electron chi connectivity index (χ2n) is 6.61. The molecule has 1 nitrogen and oxygen atoms in total. The Labute approximate surface area is 106 Å². The summed E-state index contributed by atoms with van der Waals surface area (Å²) in [6.45, 7) is 11.5. The molecule has 0 radical (unpaired) electrons. The summed E-state index contributed by atoms with van der Waals surface area (Å²) in [6, 6.07) is 7.06. The third kappa shape index (κ3) is 3.32. The van der Waals surface area contributed by atoms with Crippen LogP contribution in [0.3, 0.4) is 0 Å². The van der Waals surface area contributed by atoms with E-state index in [1.807, 2.05) is 0 Å². The van der Waals surface area contributed by atoms with Gasteiger partial charge in [-0.05, 0) is 54.3 Å². The number of nitrogens with one attached hydrogen (secondary N) is 1. The number of aryl methyl sites for hydroxylation is 1. The maximum atomic E-state index is 3.45. The first kappa shape index (κ1) is 12.6. The third-order valence-electron chi connectivity index (χ3n) is 3.63. The Morgan fingerprint density at radius 2 is 2.06 bits per heavy atom. The molecular weight excluding hydrogens is 206 g/mol. The Balaban J connectivity index is 2.22. The van der Waals surface area contributed by atoms with Gasteiger partial charge in [-0.15, -0.1) is 0 Å². The van der Waals surface area contributed by atoms with Gasteiger partial charge in [0.05, 0.1) is 0 Å². The SMILES string of the molecule is Cc1ccc(C2CCNC2)cc1CC(C)(C)C. The molecule has 2 rings (SSSR count). The molecule has 0 bridgehead atoms. The van der Waals surface area contributed by atoms with Crippen molar-refractivity contribution in [2.75, 3.05) is 13.1 Å². The van der Waals surface area contributed by atoms with E-state index in [1.165, 1.54) is 36.1 Å². The molecular formula is C16H25N. The highest BCUT2D eigenvalue weighted by molar-refractivity contribution is 5.34. The summed E-state index contributed by atoms with van der Waals surface area (Å²) in [5, 5.41) is 3.45. The minimum atomic E-state index is 0.372. The molecule has 0 amide bonds. The highest BCUT2D eigenvalue weighted by Crippen LogP contribution is 2.28. The average Bonchev–Trinajstić information content (AvgIpc) is 2.72. The maximum Gasteiger partial charge on any atom is 0.00206 e. The molecule has 1 heteroatoms. The van der Waals surface area contributed by atoms with Gasteiger partial charge < -0.3 is 5.32 Å². The van der Waals surface area contributed by atoms with E-state index < -0.39 is 0 Å². The number of rotatable bonds is 2. The van der Waals surface area contributed by atoms with Crippen molar-refractivity contribution in [2.24, 2.45) is 5.41 Å². The Morgan fingerprint density at radius 3 is 2.65 bits per heavy atom. The minimum absolute atomic E-state index is 0.372. The van der Waals surface area contributed by atoms with Crippen molar-refractivity contribution >= 4 is 0 Å². The van der Waals surface area contributed by atoms with Crippen LogP contribution in [0.2, 0.25) is 0 Å². The molecule has 1 saturated heterocycles. The van der Waals surface area contributed by atoms with Crippen LogP contribution in [-0.4, -0.2) is 13.1 Å². The Kier molecular flexibility index (Phi) is 3.58. The van der Waals surface area contributed by atoms with Crippen molar-refractivity contribution in [2.45, 2.75) is 46.5 Å². The van der Waals surface area contributed by atoms with E-state index in [2.05, 4.69) is 51.2 Å². The van der Waals surface area contributed by atoms with Crippen molar-refractivity contribution in [3.05, 3.63) is 34.9 Å². The lowest BCUT2D eigenvalue weighted by molar-refractivity contribution is 0.410. The van der Waals surface area contributed by atoms with Crippen LogP contribution in [-0.2, 0) is 6.42 Å². The molecule has 94 valence electrons. The topological polar surface area (TPSA) is 12.0 Å². The highest BCUT2D eigenvalue weighted by atomic mass is 14.9. The summed E-state index contributed by atoms with van der Waals surface area (Å²) >= 11 is 0. The van der Waals surface area contributed by atoms with Crippen LogP contribution in [0.1, 0.15) is 49.8 Å². The Bertz CT molecular complexity index is 381. The quantitative estimate of drug-likeness (QED) is 0.819. The van der Waals surface area contributed by atoms with Crippen LogP contribution in [0.5, 0.6) is 0 Å². The highest BCUT2D eigenvalue weighted by Gasteiger charge is 2.18. The fourth-order valence-corrected chi connectivity index (χ4v) is 2.65. The van der Waals surface area contributed by atoms with Crippen LogP contribution >= 0.6 is 0 Å². The second-order valence-corrected chi connectivity index (χ2v) is 6.61. The molecule has 17 heavy (non-hydrogen) atoms. The Hall–Kier alpha value is -0.820. The molecule has 0 aliphatic carbocycles. The van der Waals surface area contributed by atoms with Crippen LogP contribution in [0.4, 0.5) is 0 Å². The fourth-order valence-electron chi connectivity index (χ4n) is 2.65. The predicted octanol–water partition coefficient (Wildman–Crippen LogP) is 3.66. The lowest BCUT2D eigenvalue weighted by Crippen LogP contribution is -2.12. The second kappa shape index (κ2) is 4.81. The van der Waals surface area contributed by atoms with E-state index in [1.54, 1.807) is 0 Å². The zero-order valence-corrected chi connectivity index (χ0v) is 11.6. The molecule has 1 atom stereocenters. The van der Waals surface area contributed by atoms with Crippen molar-refractivity contribution in [3.8, 4) is 0 Å². The lowest BCUT2D eigenvalue weighted by Gasteiger charge is -2.21. The van der Waals surface area contributed by atoms with Crippen LogP contribution in [0.25, 0.3) is 0 Å². The van der Waals surface area contributed by atoms with Gasteiger partial charge in [0.25, 0.3) is 0 Å². The van der Waals surface area contributed by atoms with Crippen LogP contribution < -0.4 is 5.32 Å². The number of hydrogen-bond acceptors (Lipinski definition) is 1. The zero-order chi connectivity index (χ0) is 12.5. The van der Waals surface area contributed by atoms with E-state index >= 15 is 0 Å². The van der Waals surface area contributed by atoms with Crippen molar-refractivity contribution < 1.29 is 0 Å². The van der Waals surface area contributed by atoms with Gasteiger partial charge in [-0.3, -0.25) is 0 Å². The molecule has 1 aliphatic heterocycles. The Morgan fingerprint density at radius 1 is 1.29 bits per heavy atom. The smallest absolute Gasteiger partial charge is 0.00206 e. The van der Waals surface area contributed by atoms with Gasteiger partial charge in [-0.25, -0.2) is 0 Å². The van der Waals surface area contributed by atoms with Crippen molar-refractivity contribution in [1.29, 1.82) is 0 Å². The third-order valence-corrected chi connectivity index (χ3v) is 3.63. The fraction of sp³-hybridized carbons (Fsp3) is 0.625. The van der Waals surface area contributed by atoms with Gasteiger partial charge in [0, 0.05) is 6.54 Å². The molecule has 1 N–H and O–H groups in total. The summed E-state index contributed by atoms with van der Waals surface area (Å²) < 4.78 is 0. The predicted molar refractivity (Wildman–Crippen MR) is 74.6 cm³/mol. The van der Waals surface area contributed by atoms with Crippen molar-refractivity contribution in [1.82, 2.24) is 5.32 Å². The van der Waals surface area contributed by atoms with Crippen LogP contribution in [0, 0.1) is 12.3 Å². The summed E-state index contributed by atoms with van der Waals surface area (Å²) in [5.74, 6) is 0.731. The van der Waals surface area contributed by atoms with Gasteiger partial charge in [-0.1, -0.05) is 39.0 Å². The monoisotopic (exact) mass is 231 g/mol. The summed E-state index contributed by atoms with van der Waals surface area (Å²) in [6.07, 6.45) is 2.46. The van der Waals surface area contributed by atoms with E-state index in [0.717, 1.165) is 12.5 Å². The van der Waals surface area contributed by atoms with Gasteiger partial charge in [-0.2, -0.15) is 0 Å². The van der Waals surface area contributed by atoms with Gasteiger partial charge >= 0.3 is 0 Å². The molecule has 1 fully saturated rings. The van der Waals surface area contributed by atoms with Gasteiger partial charge in [0.15, 0.2) is 0 Å². The summed E-state index contributed by atoms with van der Waals surface area (Å²) in [4.78, 5) is 0. The van der Waals surface area contributed by atoms with E-state index in [-0.39, 0.29) is 0 Å². The van der Waals surface area contributed by atoms with Gasteiger partial charge in [0.1, 0.15) is 0 Å². The summed E-state index contributed by atoms with van der Waals surface area (Å²) in [5.41, 5.74) is 4.87. The van der Waals surface area contributed by atoms with E-state index in [9.17, 15) is 0 Å². The number of benzene rings is 1. The average molecular weight is 231 g/mol. The molecule has 1 aliphatic rings. The first-order chi connectivity index (χ1) is 7.96. The molecule has 1 aromatic rings. The molecule has 0 spiro atoms. The molecule has 1 aromatic carbocycles. The molecule has 1 unspecified atom stereocenters. The lowest BCUT2D eigenvalue weighted by atomic mass is 9.84. The largest absolute Gasteiger partial charge is 0.316 e. The minimum Gasteiger partial charge on any atom is -0.316 e. The zero-order valence-electron chi connectivity index (χ0n) is 11.6. The summed E-state index contributed by atoms with van der Waals surface area (Å²) in [7, 11) is 0. The molecule has 1 heterocycles. The maximum absolute atomic E-state index is 3.45. The van der Waals surface area contributed by atoms with E-state index in [4.69, 9.17) is 0 Å². The van der Waals surface area contributed by atoms with Gasteiger partial charge in [0.2, 0.25) is 0 Å². The molecule has 0 aromatic heterocycles. The van der Waals surface area contributed by atoms with E-state index in [0.29, 0.717) is 5.41 Å². The van der Waals surface area contributed by atoms with Crippen LogP contribution in [0.15, 0.2) is 18.2 Å². The standard InChI is InChI=1S/C16H25N/c1-12-5-6-13(14-7-8-17-11-14)9-15(12)10-16(2,3)4/h5-6,9,14,17H,7-8,10-11H2,1-4H3. The first-order valence-electron chi connectivity index (χ1n) is 6.76.